The molecule has 1 saturated heterocycles. The molecule has 4 heteroatoms. The van der Waals surface area contributed by atoms with Crippen LogP contribution in [0.2, 0.25) is 0 Å². The number of carbonyl (C=O) groups excluding carboxylic acids is 2. The van der Waals surface area contributed by atoms with E-state index in [1.807, 2.05) is 30.3 Å². The number of hydrogen-bond donors (Lipinski definition) is 0. The summed E-state index contributed by atoms with van der Waals surface area (Å²) in [6, 6.07) is 8.92. The fourth-order valence-electron chi connectivity index (χ4n) is 1.89. The Hall–Kier alpha value is -1.84. The van der Waals surface area contributed by atoms with Crippen LogP contribution in [0.1, 0.15) is 22.9 Å². The first-order valence-corrected chi connectivity index (χ1v) is 5.39. The van der Waals surface area contributed by atoms with E-state index in [1.165, 1.54) is 0 Å². The predicted molar refractivity (Wildman–Crippen MR) is 62.4 cm³/mol. The van der Waals surface area contributed by atoms with Crippen LogP contribution in [-0.4, -0.2) is 29.5 Å². The standard InChI is InChI=1S/C13H15NO3/c1-2-12(15)14-11(9-17-13(14)16)8-10-6-4-3-5-7-10/h3-7,11H,2,8-9H2,1H3/t11-/m1/s1/i1D3. The summed E-state index contributed by atoms with van der Waals surface area (Å²) in [5, 5.41) is 0. The van der Waals surface area contributed by atoms with E-state index in [0.29, 0.717) is 6.42 Å². The van der Waals surface area contributed by atoms with Crippen LogP contribution in [0.4, 0.5) is 4.79 Å². The van der Waals surface area contributed by atoms with Gasteiger partial charge in [-0.1, -0.05) is 37.2 Å². The number of imide groups is 1. The van der Waals surface area contributed by atoms with Gasteiger partial charge in [-0.25, -0.2) is 9.69 Å². The highest BCUT2D eigenvalue weighted by Crippen LogP contribution is 2.18. The van der Waals surface area contributed by atoms with Gasteiger partial charge in [0.05, 0.1) is 6.04 Å². The third-order valence-corrected chi connectivity index (χ3v) is 2.70. The molecule has 0 unspecified atom stereocenters. The molecule has 1 aliphatic rings. The zero-order valence-corrected chi connectivity index (χ0v) is 9.26. The Kier molecular flexibility index (Phi) is 2.43. The van der Waals surface area contributed by atoms with Gasteiger partial charge in [-0.05, 0) is 12.0 Å². The summed E-state index contributed by atoms with van der Waals surface area (Å²) in [5.41, 5.74) is 0.961. The van der Waals surface area contributed by atoms with Gasteiger partial charge in [-0.3, -0.25) is 4.79 Å². The number of benzene rings is 1. The second-order valence-electron chi connectivity index (χ2n) is 3.86. The number of cyclic esters (lactones) is 1. The van der Waals surface area contributed by atoms with Crippen LogP contribution < -0.4 is 0 Å². The van der Waals surface area contributed by atoms with Crippen molar-refractivity contribution >= 4 is 12.0 Å². The summed E-state index contributed by atoms with van der Waals surface area (Å²) in [6.45, 7) is -2.29. The monoisotopic (exact) mass is 236 g/mol. The number of ether oxygens (including phenoxy) is 1. The van der Waals surface area contributed by atoms with Gasteiger partial charge in [0.25, 0.3) is 0 Å². The molecule has 0 aliphatic carbocycles. The Morgan fingerprint density at radius 3 is 3.00 bits per heavy atom. The third kappa shape index (κ3) is 2.46. The molecule has 1 aliphatic heterocycles. The van der Waals surface area contributed by atoms with Crippen LogP contribution >= 0.6 is 0 Å². The first-order chi connectivity index (χ1) is 9.37. The summed E-state index contributed by atoms with van der Waals surface area (Å²) in [6.07, 6.45) is -0.965. The molecule has 2 amide bonds. The maximum Gasteiger partial charge on any atom is 0.416 e. The number of rotatable bonds is 3. The Bertz CT molecular complexity index is 501. The van der Waals surface area contributed by atoms with Crippen molar-refractivity contribution < 1.29 is 18.4 Å². The summed E-state index contributed by atoms with van der Waals surface area (Å²) in [7, 11) is 0. The third-order valence-electron chi connectivity index (χ3n) is 2.70. The van der Waals surface area contributed by atoms with Crippen LogP contribution in [0, 0.1) is 0 Å². The van der Waals surface area contributed by atoms with Crippen molar-refractivity contribution in [3.8, 4) is 0 Å². The van der Waals surface area contributed by atoms with E-state index in [9.17, 15) is 9.59 Å². The van der Waals surface area contributed by atoms with Crippen LogP contribution in [0.15, 0.2) is 30.3 Å². The molecule has 2 rings (SSSR count). The predicted octanol–water partition coefficient (Wildman–Crippen LogP) is 1.99. The minimum Gasteiger partial charge on any atom is -0.447 e. The highest BCUT2D eigenvalue weighted by atomic mass is 16.6. The molecule has 0 spiro atoms. The molecule has 1 aromatic rings. The minimum atomic E-state index is -2.39. The number of carbonyl (C=O) groups is 2. The van der Waals surface area contributed by atoms with Crippen molar-refractivity contribution in [2.75, 3.05) is 6.61 Å². The summed E-state index contributed by atoms with van der Waals surface area (Å²) >= 11 is 0. The molecule has 90 valence electrons. The highest BCUT2D eigenvalue weighted by Gasteiger charge is 2.36. The van der Waals surface area contributed by atoms with E-state index in [0.717, 1.165) is 10.5 Å². The molecule has 1 aromatic carbocycles. The molecular weight excluding hydrogens is 218 g/mol. The van der Waals surface area contributed by atoms with Gasteiger partial charge in [0.2, 0.25) is 5.91 Å². The van der Waals surface area contributed by atoms with E-state index in [2.05, 4.69) is 0 Å². The van der Waals surface area contributed by atoms with Crippen LogP contribution in [0.5, 0.6) is 0 Å². The largest absolute Gasteiger partial charge is 0.447 e. The highest BCUT2D eigenvalue weighted by molar-refractivity contribution is 5.93. The van der Waals surface area contributed by atoms with Gasteiger partial charge in [0.1, 0.15) is 6.61 Å². The molecule has 0 radical (unpaired) electrons. The van der Waals surface area contributed by atoms with Gasteiger partial charge in [-0.15, -0.1) is 0 Å². The average molecular weight is 236 g/mol. The van der Waals surface area contributed by atoms with Crippen molar-refractivity contribution in [2.45, 2.75) is 25.7 Å². The van der Waals surface area contributed by atoms with Crippen LogP contribution in [0.3, 0.4) is 0 Å². The fourth-order valence-corrected chi connectivity index (χ4v) is 1.89. The van der Waals surface area contributed by atoms with E-state index in [4.69, 9.17) is 8.85 Å². The van der Waals surface area contributed by atoms with E-state index in [-0.39, 0.29) is 6.61 Å². The topological polar surface area (TPSA) is 46.6 Å². The Balaban J connectivity index is 2.09. The molecule has 0 aromatic heterocycles. The summed E-state index contributed by atoms with van der Waals surface area (Å²) < 4.78 is 26.2. The Morgan fingerprint density at radius 2 is 2.29 bits per heavy atom. The first-order valence-electron chi connectivity index (χ1n) is 6.89. The van der Waals surface area contributed by atoms with Crippen molar-refractivity contribution in [3.05, 3.63) is 35.9 Å². The van der Waals surface area contributed by atoms with Gasteiger partial charge in [-0.2, -0.15) is 0 Å². The molecule has 1 heterocycles. The molecule has 0 bridgehead atoms. The quantitative estimate of drug-likeness (QED) is 0.806. The molecule has 0 N–H and O–H groups in total. The normalized spacial score (nSPS) is 22.6. The molecule has 0 saturated carbocycles. The lowest BCUT2D eigenvalue weighted by Crippen LogP contribution is -2.39. The van der Waals surface area contributed by atoms with Gasteiger partial charge < -0.3 is 4.74 Å². The van der Waals surface area contributed by atoms with Crippen LogP contribution in [0.25, 0.3) is 0 Å². The maximum absolute atomic E-state index is 11.9. The van der Waals surface area contributed by atoms with Gasteiger partial charge >= 0.3 is 6.09 Å². The number of amides is 2. The summed E-state index contributed by atoms with van der Waals surface area (Å²) in [4.78, 5) is 24.5. The lowest BCUT2D eigenvalue weighted by Gasteiger charge is -2.18. The lowest BCUT2D eigenvalue weighted by molar-refractivity contribution is -0.128. The minimum absolute atomic E-state index is 0.0977. The zero-order valence-electron chi connectivity index (χ0n) is 12.3. The molecule has 1 atom stereocenters. The van der Waals surface area contributed by atoms with Crippen molar-refractivity contribution in [2.24, 2.45) is 0 Å². The number of nitrogens with zero attached hydrogens (tertiary/aromatic N) is 1. The molecule has 4 nitrogen and oxygen atoms in total. The molecule has 1 fully saturated rings. The Labute approximate surface area is 104 Å². The van der Waals surface area contributed by atoms with E-state index < -0.39 is 31.3 Å². The average Bonchev–Trinajstić information content (AvgIpc) is 2.69. The van der Waals surface area contributed by atoms with Crippen molar-refractivity contribution in [1.29, 1.82) is 0 Å². The van der Waals surface area contributed by atoms with Crippen LogP contribution in [-0.2, 0) is 16.0 Å². The fraction of sp³-hybridized carbons (Fsp3) is 0.385. The van der Waals surface area contributed by atoms with E-state index >= 15 is 0 Å². The first kappa shape index (κ1) is 8.28. The second kappa shape index (κ2) is 4.99. The van der Waals surface area contributed by atoms with Crippen molar-refractivity contribution in [3.63, 3.8) is 0 Å². The zero-order chi connectivity index (χ0) is 14.8. The smallest absolute Gasteiger partial charge is 0.416 e. The van der Waals surface area contributed by atoms with Crippen molar-refractivity contribution in [1.82, 2.24) is 4.90 Å². The lowest BCUT2D eigenvalue weighted by atomic mass is 10.1. The molecular formula is C13H15NO3. The SMILES string of the molecule is [2H]C([2H])([2H])CC(=O)N1C(=O)OC[C@H]1Cc1ccccc1. The van der Waals surface area contributed by atoms with E-state index in [1.54, 1.807) is 0 Å². The van der Waals surface area contributed by atoms with Gasteiger partial charge in [0, 0.05) is 10.5 Å². The maximum atomic E-state index is 11.9. The summed E-state index contributed by atoms with van der Waals surface area (Å²) in [5.74, 6) is -0.714. The Morgan fingerprint density at radius 1 is 1.53 bits per heavy atom. The number of hydrogen-bond acceptors (Lipinski definition) is 3. The molecule has 17 heavy (non-hydrogen) atoms. The second-order valence-corrected chi connectivity index (χ2v) is 3.86. The van der Waals surface area contributed by atoms with Gasteiger partial charge in [0.15, 0.2) is 0 Å².